The number of rotatable bonds is 1. The lowest BCUT2D eigenvalue weighted by Gasteiger charge is -2.34. The van der Waals surface area contributed by atoms with Crippen LogP contribution in [0.2, 0.25) is 0 Å². The van der Waals surface area contributed by atoms with Gasteiger partial charge >= 0.3 is 0 Å². The van der Waals surface area contributed by atoms with Gasteiger partial charge < -0.3 is 25.8 Å². The first kappa shape index (κ1) is 8.89. The van der Waals surface area contributed by atoms with Crippen LogP contribution in [0.3, 0.4) is 0 Å². The molecule has 4 atom stereocenters. The molecule has 0 aromatic carbocycles. The number of nitrogens with two attached hydrogens (primary N) is 1. The summed E-state index contributed by atoms with van der Waals surface area (Å²) in [5.74, 6) is 0. The molecule has 1 rings (SSSR count). The Bertz CT molecular complexity index is 120. The van der Waals surface area contributed by atoms with E-state index in [-0.39, 0.29) is 6.61 Å². The molecule has 0 bridgehead atoms. The van der Waals surface area contributed by atoms with Crippen molar-refractivity contribution >= 4 is 0 Å². The van der Waals surface area contributed by atoms with Gasteiger partial charge in [0.1, 0.15) is 6.10 Å². The van der Waals surface area contributed by atoms with Crippen molar-refractivity contribution in [3.05, 3.63) is 0 Å². The summed E-state index contributed by atoms with van der Waals surface area (Å²) >= 11 is 0. The molecule has 5 nitrogen and oxygen atoms in total. The molecule has 1 saturated heterocycles. The van der Waals surface area contributed by atoms with E-state index < -0.39 is 24.5 Å². The number of aliphatic hydroxyl groups excluding tert-OH is 3. The third-order valence-corrected chi connectivity index (χ3v) is 1.80. The van der Waals surface area contributed by atoms with Crippen LogP contribution in [0.15, 0.2) is 0 Å². The van der Waals surface area contributed by atoms with E-state index in [0.29, 0.717) is 6.42 Å². The predicted molar refractivity (Wildman–Crippen MR) is 36.6 cm³/mol. The summed E-state index contributed by atoms with van der Waals surface area (Å²) in [5, 5.41) is 26.7. The van der Waals surface area contributed by atoms with E-state index in [1.54, 1.807) is 0 Å². The first-order valence-electron chi connectivity index (χ1n) is 3.53. The number of hydrogen-bond donors (Lipinski definition) is 4. The van der Waals surface area contributed by atoms with E-state index in [2.05, 4.69) is 0 Å². The highest BCUT2D eigenvalue weighted by Gasteiger charge is 2.33. The van der Waals surface area contributed by atoms with E-state index in [1.165, 1.54) is 0 Å². The second-order valence-electron chi connectivity index (χ2n) is 2.72. The first-order chi connectivity index (χ1) is 5.15. The van der Waals surface area contributed by atoms with Crippen LogP contribution < -0.4 is 5.73 Å². The molecule has 11 heavy (non-hydrogen) atoms. The normalized spacial score (nSPS) is 45.8. The molecular weight excluding hydrogens is 150 g/mol. The molecule has 66 valence electrons. The summed E-state index contributed by atoms with van der Waals surface area (Å²) in [5.41, 5.74) is 5.43. The number of ether oxygens (including phenoxy) is 1. The zero-order chi connectivity index (χ0) is 8.43. The highest BCUT2D eigenvalue weighted by Crippen LogP contribution is 2.16. The molecule has 0 aliphatic carbocycles. The zero-order valence-corrected chi connectivity index (χ0v) is 6.05. The average molecular weight is 163 g/mol. The molecule has 0 aromatic heterocycles. The van der Waals surface area contributed by atoms with Gasteiger partial charge in [-0.3, -0.25) is 0 Å². The Labute approximate surface area is 64.4 Å². The lowest BCUT2D eigenvalue weighted by atomic mass is 10.0. The second-order valence-corrected chi connectivity index (χ2v) is 2.72. The van der Waals surface area contributed by atoms with Crippen LogP contribution in [-0.2, 0) is 4.74 Å². The summed E-state index contributed by atoms with van der Waals surface area (Å²) in [6.07, 6.45) is -2.40. The average Bonchev–Trinajstić information content (AvgIpc) is 1.99. The van der Waals surface area contributed by atoms with Gasteiger partial charge in [-0.1, -0.05) is 0 Å². The van der Waals surface area contributed by atoms with Gasteiger partial charge in [0.05, 0.1) is 12.7 Å². The maximum Gasteiger partial charge on any atom is 0.182 e. The van der Waals surface area contributed by atoms with Crippen molar-refractivity contribution in [1.82, 2.24) is 0 Å². The molecule has 0 spiro atoms. The molecule has 5 N–H and O–H groups in total. The van der Waals surface area contributed by atoms with Gasteiger partial charge in [-0.2, -0.15) is 0 Å². The monoisotopic (exact) mass is 163 g/mol. The predicted octanol–water partition coefficient (Wildman–Crippen LogP) is -2.23. The van der Waals surface area contributed by atoms with Crippen molar-refractivity contribution in [2.45, 2.75) is 31.0 Å². The van der Waals surface area contributed by atoms with Crippen LogP contribution in [0.4, 0.5) is 0 Å². The van der Waals surface area contributed by atoms with Gasteiger partial charge in [-0.15, -0.1) is 0 Å². The minimum Gasteiger partial charge on any atom is -0.394 e. The quantitative estimate of drug-likeness (QED) is 0.351. The highest BCUT2D eigenvalue weighted by atomic mass is 16.6. The lowest BCUT2D eigenvalue weighted by molar-refractivity contribution is -0.227. The molecule has 1 fully saturated rings. The SMILES string of the molecule is N[C@H]1C[C@@H](CO)O[C@@H](O)[C@@H]1O. The summed E-state index contributed by atoms with van der Waals surface area (Å²) in [7, 11) is 0. The summed E-state index contributed by atoms with van der Waals surface area (Å²) in [6, 6.07) is -0.518. The van der Waals surface area contributed by atoms with E-state index in [9.17, 15) is 0 Å². The minimum absolute atomic E-state index is 0.183. The van der Waals surface area contributed by atoms with E-state index in [4.69, 9.17) is 25.8 Å². The smallest absolute Gasteiger partial charge is 0.182 e. The van der Waals surface area contributed by atoms with Crippen molar-refractivity contribution in [2.24, 2.45) is 5.73 Å². The van der Waals surface area contributed by atoms with Crippen LogP contribution in [0.25, 0.3) is 0 Å². The Balaban J connectivity index is 2.47. The standard InChI is InChI=1S/C6H13NO4/c7-4-1-3(2-8)11-6(10)5(4)9/h3-6,8-10H,1-2,7H2/t3-,4-,5+,6+/m0/s1. The van der Waals surface area contributed by atoms with Gasteiger partial charge in [-0.05, 0) is 6.42 Å². The molecule has 1 aliphatic heterocycles. The van der Waals surface area contributed by atoms with Gasteiger partial charge in [0.25, 0.3) is 0 Å². The van der Waals surface area contributed by atoms with Crippen LogP contribution in [-0.4, -0.2) is 46.5 Å². The highest BCUT2D eigenvalue weighted by molar-refractivity contribution is 4.82. The Morgan fingerprint density at radius 2 is 2.09 bits per heavy atom. The minimum atomic E-state index is -1.27. The summed E-state index contributed by atoms with van der Waals surface area (Å²) in [6.45, 7) is -0.183. The van der Waals surface area contributed by atoms with Crippen LogP contribution in [0, 0.1) is 0 Å². The van der Waals surface area contributed by atoms with Crippen LogP contribution >= 0.6 is 0 Å². The first-order valence-corrected chi connectivity index (χ1v) is 3.53. The Hall–Kier alpha value is -0.200. The maximum atomic E-state index is 9.08. The second kappa shape index (κ2) is 3.46. The Morgan fingerprint density at radius 1 is 1.45 bits per heavy atom. The van der Waals surface area contributed by atoms with Crippen LogP contribution in [0.5, 0.6) is 0 Å². The lowest BCUT2D eigenvalue weighted by Crippen LogP contribution is -2.52. The molecule has 1 aliphatic rings. The number of aliphatic hydroxyl groups is 3. The van der Waals surface area contributed by atoms with Gasteiger partial charge in [0, 0.05) is 6.04 Å². The fourth-order valence-electron chi connectivity index (χ4n) is 1.11. The maximum absolute atomic E-state index is 9.08. The molecule has 0 amide bonds. The third kappa shape index (κ3) is 1.88. The third-order valence-electron chi connectivity index (χ3n) is 1.80. The molecular formula is C6H13NO4. The van der Waals surface area contributed by atoms with Crippen LogP contribution in [0.1, 0.15) is 6.42 Å². The van der Waals surface area contributed by atoms with Gasteiger partial charge in [0.15, 0.2) is 6.29 Å². The van der Waals surface area contributed by atoms with Crippen molar-refractivity contribution in [3.63, 3.8) is 0 Å². The van der Waals surface area contributed by atoms with E-state index in [0.717, 1.165) is 0 Å². The fourth-order valence-corrected chi connectivity index (χ4v) is 1.11. The molecule has 0 aromatic rings. The Kier molecular flexibility index (Phi) is 2.80. The van der Waals surface area contributed by atoms with E-state index >= 15 is 0 Å². The zero-order valence-electron chi connectivity index (χ0n) is 6.05. The summed E-state index contributed by atoms with van der Waals surface area (Å²) < 4.78 is 4.79. The Morgan fingerprint density at radius 3 is 2.55 bits per heavy atom. The van der Waals surface area contributed by atoms with E-state index in [1.807, 2.05) is 0 Å². The van der Waals surface area contributed by atoms with Gasteiger partial charge in [-0.25, -0.2) is 0 Å². The molecule has 5 heteroatoms. The topological polar surface area (TPSA) is 95.9 Å². The largest absolute Gasteiger partial charge is 0.394 e. The molecule has 0 unspecified atom stereocenters. The van der Waals surface area contributed by atoms with Gasteiger partial charge in [0.2, 0.25) is 0 Å². The summed E-state index contributed by atoms with van der Waals surface area (Å²) in [4.78, 5) is 0. The van der Waals surface area contributed by atoms with Crippen molar-refractivity contribution in [2.75, 3.05) is 6.61 Å². The molecule has 1 heterocycles. The molecule has 0 radical (unpaired) electrons. The molecule has 0 saturated carbocycles. The fraction of sp³-hybridized carbons (Fsp3) is 1.00. The van der Waals surface area contributed by atoms with Crippen molar-refractivity contribution in [1.29, 1.82) is 0 Å². The number of hydrogen-bond acceptors (Lipinski definition) is 5. The van der Waals surface area contributed by atoms with Crippen molar-refractivity contribution < 1.29 is 20.1 Å². The van der Waals surface area contributed by atoms with Crippen molar-refractivity contribution in [3.8, 4) is 0 Å².